The zero-order valence-corrected chi connectivity index (χ0v) is 20.9. The van der Waals surface area contributed by atoms with Gasteiger partial charge in [0.1, 0.15) is 12.4 Å². The molecule has 0 aliphatic carbocycles. The van der Waals surface area contributed by atoms with Crippen molar-refractivity contribution in [3.63, 3.8) is 0 Å². The van der Waals surface area contributed by atoms with Gasteiger partial charge in [0, 0.05) is 17.2 Å². The van der Waals surface area contributed by atoms with Crippen LogP contribution in [0.4, 0.5) is 10.1 Å². The zero-order chi connectivity index (χ0) is 25.8. The van der Waals surface area contributed by atoms with Crippen LogP contribution >= 0.6 is 15.9 Å². The van der Waals surface area contributed by atoms with E-state index < -0.39 is 10.9 Å². The largest absolute Gasteiger partial charge is 0.490 e. The summed E-state index contributed by atoms with van der Waals surface area (Å²) < 4.78 is 30.7. The fourth-order valence-corrected chi connectivity index (χ4v) is 4.12. The van der Waals surface area contributed by atoms with Crippen LogP contribution in [0.3, 0.4) is 0 Å². The molecule has 184 valence electrons. The van der Waals surface area contributed by atoms with Crippen molar-refractivity contribution >= 4 is 39.6 Å². The lowest BCUT2D eigenvalue weighted by molar-refractivity contribution is -0.385. The molecule has 8 nitrogen and oxygen atoms in total. The van der Waals surface area contributed by atoms with Gasteiger partial charge < -0.3 is 14.2 Å². The van der Waals surface area contributed by atoms with E-state index in [1.54, 1.807) is 37.3 Å². The molecule has 0 spiro atoms. The number of rotatable bonds is 8. The van der Waals surface area contributed by atoms with E-state index >= 15 is 0 Å². The molecule has 10 heteroatoms. The van der Waals surface area contributed by atoms with Gasteiger partial charge in [-0.05, 0) is 77.3 Å². The van der Waals surface area contributed by atoms with Crippen molar-refractivity contribution in [2.24, 2.45) is 4.99 Å². The number of cyclic esters (lactones) is 1. The topological polar surface area (TPSA) is 100 Å². The van der Waals surface area contributed by atoms with E-state index in [1.165, 1.54) is 30.3 Å². The van der Waals surface area contributed by atoms with Gasteiger partial charge in [-0.2, -0.15) is 0 Å². The Morgan fingerprint density at radius 1 is 1.17 bits per heavy atom. The van der Waals surface area contributed by atoms with E-state index in [0.717, 1.165) is 5.56 Å². The number of hydrogen-bond donors (Lipinski definition) is 0. The van der Waals surface area contributed by atoms with Crippen LogP contribution in [0.5, 0.6) is 11.5 Å². The average Bonchev–Trinajstić information content (AvgIpc) is 3.19. The third-order valence-electron chi connectivity index (χ3n) is 5.28. The fourth-order valence-electron chi connectivity index (χ4n) is 3.55. The Morgan fingerprint density at radius 2 is 1.92 bits per heavy atom. The number of nitro groups is 1. The lowest BCUT2D eigenvalue weighted by atomic mass is 10.1. The Kier molecular flexibility index (Phi) is 7.44. The van der Waals surface area contributed by atoms with Gasteiger partial charge in [0.2, 0.25) is 5.90 Å². The van der Waals surface area contributed by atoms with Crippen LogP contribution in [-0.2, 0) is 16.1 Å². The highest BCUT2D eigenvalue weighted by Gasteiger charge is 2.27. The Hall–Kier alpha value is -4.05. The second-order valence-corrected chi connectivity index (χ2v) is 8.58. The minimum absolute atomic E-state index is 0.00389. The van der Waals surface area contributed by atoms with Crippen LogP contribution in [-0.4, -0.2) is 23.4 Å². The monoisotopic (exact) mass is 554 g/mol. The molecule has 0 fully saturated rings. The summed E-state index contributed by atoms with van der Waals surface area (Å²) in [5.41, 5.74) is 2.02. The number of esters is 1. The number of carbonyl (C=O) groups is 1. The maximum atomic E-state index is 13.2. The van der Waals surface area contributed by atoms with Crippen molar-refractivity contribution in [1.29, 1.82) is 0 Å². The fraction of sp³-hybridized carbons (Fsp3) is 0.154. The minimum atomic E-state index is -0.679. The summed E-state index contributed by atoms with van der Waals surface area (Å²) in [6, 6.07) is 13.9. The number of nitro benzene ring substituents is 1. The highest BCUT2D eigenvalue weighted by atomic mass is 79.9. The Labute approximate surface area is 214 Å². The molecule has 0 atom stereocenters. The molecule has 4 rings (SSSR count). The van der Waals surface area contributed by atoms with Gasteiger partial charge in [-0.25, -0.2) is 14.2 Å². The van der Waals surface area contributed by atoms with E-state index in [4.69, 9.17) is 14.2 Å². The van der Waals surface area contributed by atoms with Crippen molar-refractivity contribution in [2.75, 3.05) is 6.61 Å². The second-order valence-electron chi connectivity index (χ2n) is 7.72. The van der Waals surface area contributed by atoms with Gasteiger partial charge in [0.05, 0.1) is 16.0 Å². The van der Waals surface area contributed by atoms with Gasteiger partial charge in [0.15, 0.2) is 17.2 Å². The molecule has 3 aromatic rings. The zero-order valence-electron chi connectivity index (χ0n) is 19.3. The number of aliphatic imine (C=N–C) groups is 1. The molecular formula is C26H20BrFN2O6. The second kappa shape index (κ2) is 10.7. The first-order chi connectivity index (χ1) is 17.3. The van der Waals surface area contributed by atoms with Gasteiger partial charge in [-0.1, -0.05) is 18.2 Å². The first-order valence-electron chi connectivity index (χ1n) is 10.9. The summed E-state index contributed by atoms with van der Waals surface area (Å²) in [6.07, 6.45) is 1.53. The van der Waals surface area contributed by atoms with Crippen LogP contribution in [0.25, 0.3) is 6.08 Å². The quantitative estimate of drug-likeness (QED) is 0.144. The SMILES string of the molecule is CCOc1cc(/C=C2\N=C(c3cccc([N+](=O)[O-])c3C)OC2=O)cc(Br)c1OCc1ccc(F)cc1. The molecule has 0 bridgehead atoms. The predicted molar refractivity (Wildman–Crippen MR) is 134 cm³/mol. The minimum Gasteiger partial charge on any atom is -0.490 e. The van der Waals surface area contributed by atoms with Gasteiger partial charge in [-0.15, -0.1) is 0 Å². The molecule has 0 N–H and O–H groups in total. The summed E-state index contributed by atoms with van der Waals surface area (Å²) in [5, 5.41) is 11.2. The van der Waals surface area contributed by atoms with Crippen LogP contribution in [0.2, 0.25) is 0 Å². The molecule has 0 amide bonds. The molecule has 0 saturated carbocycles. The number of nitrogens with zero attached hydrogens (tertiary/aromatic N) is 2. The summed E-state index contributed by atoms with van der Waals surface area (Å²) in [4.78, 5) is 27.5. The van der Waals surface area contributed by atoms with E-state index in [2.05, 4.69) is 20.9 Å². The maximum Gasteiger partial charge on any atom is 0.363 e. The molecule has 1 heterocycles. The summed E-state index contributed by atoms with van der Waals surface area (Å²) >= 11 is 3.49. The molecule has 0 aromatic heterocycles. The van der Waals surface area contributed by atoms with Gasteiger partial charge >= 0.3 is 5.97 Å². The van der Waals surface area contributed by atoms with Gasteiger partial charge in [-0.3, -0.25) is 10.1 Å². The van der Waals surface area contributed by atoms with E-state index in [9.17, 15) is 19.3 Å². The summed E-state index contributed by atoms with van der Waals surface area (Å²) in [7, 11) is 0. The van der Waals surface area contributed by atoms with Crippen LogP contribution in [0, 0.1) is 22.9 Å². The Bertz CT molecular complexity index is 1400. The van der Waals surface area contributed by atoms with Crippen molar-refractivity contribution in [3.05, 3.63) is 103 Å². The molecule has 3 aromatic carbocycles. The molecular weight excluding hydrogens is 535 g/mol. The smallest absolute Gasteiger partial charge is 0.363 e. The van der Waals surface area contributed by atoms with Crippen molar-refractivity contribution < 1.29 is 28.3 Å². The number of ether oxygens (including phenoxy) is 3. The van der Waals surface area contributed by atoms with Crippen molar-refractivity contribution in [3.8, 4) is 11.5 Å². The summed E-state index contributed by atoms with van der Waals surface area (Å²) in [5.74, 6) is -0.124. The Morgan fingerprint density at radius 3 is 2.61 bits per heavy atom. The normalized spacial score (nSPS) is 13.9. The lowest BCUT2D eigenvalue weighted by Gasteiger charge is -2.15. The van der Waals surface area contributed by atoms with E-state index in [-0.39, 0.29) is 29.7 Å². The lowest BCUT2D eigenvalue weighted by Crippen LogP contribution is -2.08. The molecule has 1 aliphatic rings. The maximum absolute atomic E-state index is 13.2. The molecule has 1 aliphatic heterocycles. The number of benzene rings is 3. The number of hydrogen-bond acceptors (Lipinski definition) is 7. The third kappa shape index (κ3) is 5.44. The van der Waals surface area contributed by atoms with Crippen LogP contribution in [0.1, 0.15) is 29.2 Å². The van der Waals surface area contributed by atoms with E-state index in [0.29, 0.717) is 39.3 Å². The van der Waals surface area contributed by atoms with Crippen molar-refractivity contribution in [1.82, 2.24) is 0 Å². The third-order valence-corrected chi connectivity index (χ3v) is 5.87. The Balaban J connectivity index is 1.63. The molecule has 0 unspecified atom stereocenters. The van der Waals surface area contributed by atoms with Crippen molar-refractivity contribution in [2.45, 2.75) is 20.5 Å². The predicted octanol–water partition coefficient (Wildman–Crippen LogP) is 6.13. The average molecular weight is 555 g/mol. The van der Waals surface area contributed by atoms with Gasteiger partial charge in [0.25, 0.3) is 5.69 Å². The molecule has 36 heavy (non-hydrogen) atoms. The first-order valence-corrected chi connectivity index (χ1v) is 11.7. The summed E-state index contributed by atoms with van der Waals surface area (Å²) in [6.45, 7) is 3.97. The van der Waals surface area contributed by atoms with E-state index in [1.807, 2.05) is 6.92 Å². The van der Waals surface area contributed by atoms with Crippen LogP contribution in [0.15, 0.2) is 69.8 Å². The van der Waals surface area contributed by atoms with Crippen LogP contribution < -0.4 is 9.47 Å². The highest BCUT2D eigenvalue weighted by Crippen LogP contribution is 2.38. The standard InChI is InChI=1S/C26H20BrFN2O6/c1-3-34-23-13-17(11-20(27)24(23)35-14-16-7-9-18(28)10-8-16)12-21-26(31)36-25(29-21)19-5-4-6-22(15(19)2)30(32)33/h4-13H,3,14H2,1-2H3/b21-12-. The molecule has 0 radical (unpaired) electrons. The first kappa shape index (κ1) is 25.1. The molecule has 0 saturated heterocycles. The highest BCUT2D eigenvalue weighted by molar-refractivity contribution is 9.10. The number of carbonyl (C=O) groups excluding carboxylic acids is 1. The number of halogens is 2.